The lowest BCUT2D eigenvalue weighted by Gasteiger charge is -2.13. The molecule has 0 heterocycles. The molecule has 2 aromatic carbocycles. The quantitative estimate of drug-likeness (QED) is 0.460. The summed E-state index contributed by atoms with van der Waals surface area (Å²) < 4.78 is 15.8. The molecule has 0 aliphatic carbocycles. The first-order valence-corrected chi connectivity index (χ1v) is 8.00. The molecule has 2 amide bonds. The van der Waals surface area contributed by atoms with Crippen LogP contribution in [0.5, 0.6) is 17.2 Å². The molecule has 8 heteroatoms. The maximum atomic E-state index is 11.9. The molecule has 0 unspecified atom stereocenters. The number of carbonyl (C=O) groups is 2. The Labute approximate surface area is 157 Å². The Morgan fingerprint density at radius 3 is 2.33 bits per heavy atom. The summed E-state index contributed by atoms with van der Waals surface area (Å²) in [5.41, 5.74) is 4.20. The molecule has 0 saturated carbocycles. The van der Waals surface area contributed by atoms with Gasteiger partial charge in [-0.25, -0.2) is 5.43 Å². The van der Waals surface area contributed by atoms with Crippen LogP contribution in [0.15, 0.2) is 41.5 Å². The van der Waals surface area contributed by atoms with E-state index in [1.54, 1.807) is 30.3 Å². The molecule has 0 aliphatic rings. The van der Waals surface area contributed by atoms with Gasteiger partial charge in [0.05, 0.1) is 27.5 Å². The average Bonchev–Trinajstić information content (AvgIpc) is 2.67. The average molecular weight is 371 g/mol. The van der Waals surface area contributed by atoms with Crippen LogP contribution < -0.4 is 25.0 Å². The minimum atomic E-state index is -0.896. The first kappa shape index (κ1) is 19.8. The second-order valence-corrected chi connectivity index (χ2v) is 5.45. The van der Waals surface area contributed by atoms with E-state index >= 15 is 0 Å². The van der Waals surface area contributed by atoms with Crippen molar-refractivity contribution in [3.05, 3.63) is 47.5 Å². The highest BCUT2D eigenvalue weighted by Gasteiger charge is 2.16. The molecule has 0 radical (unpaired) electrons. The summed E-state index contributed by atoms with van der Waals surface area (Å²) in [5, 5.41) is 6.30. The van der Waals surface area contributed by atoms with Crippen molar-refractivity contribution in [3.8, 4) is 17.2 Å². The number of nitrogens with one attached hydrogen (secondary N) is 2. The van der Waals surface area contributed by atoms with Crippen LogP contribution in [0.4, 0.5) is 5.69 Å². The molecular formula is C19H21N3O5. The number of amides is 2. The van der Waals surface area contributed by atoms with Gasteiger partial charge in [-0.2, -0.15) is 5.10 Å². The summed E-state index contributed by atoms with van der Waals surface area (Å²) in [6.45, 7) is 1.89. The number of ether oxygens (including phenoxy) is 3. The summed E-state index contributed by atoms with van der Waals surface area (Å²) in [5.74, 6) is -0.441. The zero-order valence-electron chi connectivity index (χ0n) is 15.5. The number of rotatable bonds is 6. The number of nitrogens with zero attached hydrogens (tertiary/aromatic N) is 1. The van der Waals surface area contributed by atoms with Gasteiger partial charge in [-0.1, -0.05) is 12.1 Å². The Morgan fingerprint density at radius 1 is 0.963 bits per heavy atom. The number of carbonyl (C=O) groups excluding carboxylic acids is 2. The fourth-order valence-electron chi connectivity index (χ4n) is 2.35. The second-order valence-electron chi connectivity index (χ2n) is 5.45. The maximum absolute atomic E-state index is 11.9. The van der Waals surface area contributed by atoms with Crippen molar-refractivity contribution in [1.29, 1.82) is 0 Å². The highest BCUT2D eigenvalue weighted by atomic mass is 16.5. The topological polar surface area (TPSA) is 98.2 Å². The maximum Gasteiger partial charge on any atom is 0.329 e. The normalized spacial score (nSPS) is 10.4. The van der Waals surface area contributed by atoms with Gasteiger partial charge in [0.1, 0.15) is 0 Å². The predicted molar refractivity (Wildman–Crippen MR) is 102 cm³/mol. The van der Waals surface area contributed by atoms with Gasteiger partial charge in [-0.3, -0.25) is 9.59 Å². The fourth-order valence-corrected chi connectivity index (χ4v) is 2.35. The third-order valence-electron chi connectivity index (χ3n) is 3.59. The molecule has 0 saturated heterocycles. The van der Waals surface area contributed by atoms with Crippen molar-refractivity contribution in [2.75, 3.05) is 26.6 Å². The van der Waals surface area contributed by atoms with Crippen LogP contribution in [0.3, 0.4) is 0 Å². The van der Waals surface area contributed by atoms with Crippen LogP contribution in [0.2, 0.25) is 0 Å². The standard InChI is InChI=1S/C19H21N3O5/c1-12-6-5-7-14(10-12)21-18(23)19(24)22-20-11-13-8-9-15(25-2)17(27-4)16(13)26-3/h5-11H,1-4H3,(H,21,23)(H,22,24)/b20-11-. The molecular weight excluding hydrogens is 350 g/mol. The van der Waals surface area contributed by atoms with E-state index in [1.807, 2.05) is 13.0 Å². The van der Waals surface area contributed by atoms with Gasteiger partial charge >= 0.3 is 11.8 Å². The van der Waals surface area contributed by atoms with Gasteiger partial charge < -0.3 is 19.5 Å². The van der Waals surface area contributed by atoms with Crippen LogP contribution in [-0.4, -0.2) is 39.4 Å². The highest BCUT2D eigenvalue weighted by Crippen LogP contribution is 2.38. The molecule has 142 valence electrons. The van der Waals surface area contributed by atoms with Crippen molar-refractivity contribution in [1.82, 2.24) is 5.43 Å². The summed E-state index contributed by atoms with van der Waals surface area (Å²) in [6, 6.07) is 10.5. The molecule has 2 N–H and O–H groups in total. The van der Waals surface area contributed by atoms with Gasteiger partial charge in [-0.05, 0) is 36.8 Å². The third kappa shape index (κ3) is 4.97. The molecule has 8 nitrogen and oxygen atoms in total. The lowest BCUT2D eigenvalue weighted by atomic mass is 10.2. The largest absolute Gasteiger partial charge is 0.493 e. The van der Waals surface area contributed by atoms with Crippen LogP contribution in [0.25, 0.3) is 0 Å². The van der Waals surface area contributed by atoms with E-state index in [4.69, 9.17) is 14.2 Å². The molecule has 27 heavy (non-hydrogen) atoms. The summed E-state index contributed by atoms with van der Waals surface area (Å²) >= 11 is 0. The zero-order chi connectivity index (χ0) is 19.8. The number of methoxy groups -OCH3 is 3. The number of aryl methyl sites for hydroxylation is 1. The first-order chi connectivity index (χ1) is 13.0. The Hall–Kier alpha value is -3.55. The first-order valence-electron chi connectivity index (χ1n) is 8.00. The van der Waals surface area contributed by atoms with E-state index in [-0.39, 0.29) is 0 Å². The van der Waals surface area contributed by atoms with Crippen LogP contribution >= 0.6 is 0 Å². The highest BCUT2D eigenvalue weighted by molar-refractivity contribution is 6.39. The van der Waals surface area contributed by atoms with Gasteiger partial charge in [0.25, 0.3) is 0 Å². The molecule has 2 rings (SSSR count). The number of hydrazone groups is 1. The van der Waals surface area contributed by atoms with E-state index in [1.165, 1.54) is 27.5 Å². The van der Waals surface area contributed by atoms with E-state index in [0.717, 1.165) is 5.56 Å². The van der Waals surface area contributed by atoms with Crippen molar-refractivity contribution < 1.29 is 23.8 Å². The summed E-state index contributed by atoms with van der Waals surface area (Å²) in [7, 11) is 4.47. The Morgan fingerprint density at radius 2 is 1.70 bits per heavy atom. The van der Waals surface area contributed by atoms with Crippen LogP contribution in [0, 0.1) is 6.92 Å². The summed E-state index contributed by atoms with van der Waals surface area (Å²) in [6.07, 6.45) is 1.35. The Balaban J connectivity index is 2.06. The van der Waals surface area contributed by atoms with Gasteiger partial charge in [0.2, 0.25) is 5.75 Å². The number of hydrogen-bond donors (Lipinski definition) is 2. The van der Waals surface area contributed by atoms with Crippen LogP contribution in [0.1, 0.15) is 11.1 Å². The second kappa shape index (κ2) is 9.23. The van der Waals surface area contributed by atoms with Gasteiger partial charge in [0.15, 0.2) is 11.5 Å². The van der Waals surface area contributed by atoms with Crippen molar-refractivity contribution >= 4 is 23.7 Å². The predicted octanol–water partition coefficient (Wildman–Crippen LogP) is 2.11. The molecule has 0 fully saturated rings. The lowest BCUT2D eigenvalue weighted by Crippen LogP contribution is -2.32. The van der Waals surface area contributed by atoms with Crippen molar-refractivity contribution in [3.63, 3.8) is 0 Å². The monoisotopic (exact) mass is 371 g/mol. The molecule has 2 aromatic rings. The van der Waals surface area contributed by atoms with E-state index in [0.29, 0.717) is 28.5 Å². The minimum Gasteiger partial charge on any atom is -0.493 e. The minimum absolute atomic E-state index is 0.388. The van der Waals surface area contributed by atoms with E-state index in [9.17, 15) is 9.59 Å². The number of anilines is 1. The third-order valence-corrected chi connectivity index (χ3v) is 3.59. The smallest absolute Gasteiger partial charge is 0.329 e. The number of benzene rings is 2. The van der Waals surface area contributed by atoms with Gasteiger partial charge in [-0.15, -0.1) is 0 Å². The SMILES string of the molecule is COc1ccc(/C=N\NC(=O)C(=O)Nc2cccc(C)c2)c(OC)c1OC. The zero-order valence-corrected chi connectivity index (χ0v) is 15.5. The lowest BCUT2D eigenvalue weighted by molar-refractivity contribution is -0.136. The Kier molecular flexibility index (Phi) is 6.76. The molecule has 0 bridgehead atoms. The molecule has 0 aromatic heterocycles. The summed E-state index contributed by atoms with van der Waals surface area (Å²) in [4.78, 5) is 23.8. The van der Waals surface area contributed by atoms with Crippen molar-refractivity contribution in [2.45, 2.75) is 6.92 Å². The Bertz CT molecular complexity index is 864. The molecule has 0 spiro atoms. The van der Waals surface area contributed by atoms with E-state index < -0.39 is 11.8 Å². The number of hydrogen-bond acceptors (Lipinski definition) is 6. The van der Waals surface area contributed by atoms with E-state index in [2.05, 4.69) is 15.8 Å². The molecule has 0 aliphatic heterocycles. The van der Waals surface area contributed by atoms with Crippen LogP contribution in [-0.2, 0) is 9.59 Å². The molecule has 0 atom stereocenters. The fraction of sp³-hybridized carbons (Fsp3) is 0.211. The van der Waals surface area contributed by atoms with Crippen molar-refractivity contribution in [2.24, 2.45) is 5.10 Å². The van der Waals surface area contributed by atoms with Gasteiger partial charge in [0, 0.05) is 11.3 Å².